The molecule has 4 nitrogen and oxygen atoms in total. The Hall–Kier alpha value is -2.83. The summed E-state index contributed by atoms with van der Waals surface area (Å²) in [7, 11) is 0. The van der Waals surface area contributed by atoms with Crippen LogP contribution < -0.4 is 11.1 Å². The molecule has 2 rings (SSSR count). The van der Waals surface area contributed by atoms with Gasteiger partial charge in [0.15, 0.2) is 11.6 Å². The van der Waals surface area contributed by atoms with Crippen molar-refractivity contribution >= 4 is 11.8 Å². The second-order valence-corrected chi connectivity index (χ2v) is 5.28. The quantitative estimate of drug-likeness (QED) is 0.845. The molecule has 0 spiro atoms. The molecule has 0 aliphatic rings. The Kier molecular flexibility index (Phi) is 5.57. The summed E-state index contributed by atoms with van der Waals surface area (Å²) >= 11 is 0. The molecule has 2 aromatic rings. The fourth-order valence-electron chi connectivity index (χ4n) is 2.16. The molecule has 7 heteroatoms. The molecule has 0 saturated carbocycles. The van der Waals surface area contributed by atoms with Crippen molar-refractivity contribution in [2.75, 3.05) is 0 Å². The maximum atomic E-state index is 13.1. The highest BCUT2D eigenvalue weighted by Crippen LogP contribution is 2.10. The molecule has 2 amide bonds. The fraction of sp³-hybridized carbons (Fsp3) is 0.176. The standard InChI is InChI=1S/C17H15F3N2O2/c18-12-4-1-10(2-5-12)8-15(17(21)24)22-16(23)9-11-3-6-13(19)14(20)7-11/h1-7,15H,8-9H2,(H2,21,24)(H,22,23)/t15-/m0/s1. The summed E-state index contributed by atoms with van der Waals surface area (Å²) in [4.78, 5) is 23.5. The summed E-state index contributed by atoms with van der Waals surface area (Å²) < 4.78 is 38.9. The third-order valence-electron chi connectivity index (χ3n) is 3.38. The lowest BCUT2D eigenvalue weighted by molar-refractivity contribution is -0.127. The minimum atomic E-state index is -1.06. The Morgan fingerprint density at radius 2 is 1.58 bits per heavy atom. The number of carbonyl (C=O) groups excluding carboxylic acids is 2. The zero-order chi connectivity index (χ0) is 17.7. The topological polar surface area (TPSA) is 72.2 Å². The lowest BCUT2D eigenvalue weighted by Gasteiger charge is -2.15. The molecule has 0 radical (unpaired) electrons. The maximum Gasteiger partial charge on any atom is 0.240 e. The predicted molar refractivity (Wildman–Crippen MR) is 81.3 cm³/mol. The highest BCUT2D eigenvalue weighted by molar-refractivity contribution is 5.87. The molecule has 0 aliphatic heterocycles. The van der Waals surface area contributed by atoms with Crippen molar-refractivity contribution in [3.05, 3.63) is 71.0 Å². The van der Waals surface area contributed by atoms with E-state index in [-0.39, 0.29) is 18.4 Å². The summed E-state index contributed by atoms with van der Waals surface area (Å²) in [5, 5.41) is 2.44. The number of rotatable bonds is 6. The predicted octanol–water partition coefficient (Wildman–Crippen LogP) is 1.86. The number of benzene rings is 2. The normalized spacial score (nSPS) is 11.8. The van der Waals surface area contributed by atoms with E-state index in [1.54, 1.807) is 0 Å². The first-order valence-electron chi connectivity index (χ1n) is 7.12. The van der Waals surface area contributed by atoms with E-state index in [0.29, 0.717) is 5.56 Å². The molecule has 3 N–H and O–H groups in total. The van der Waals surface area contributed by atoms with Crippen LogP contribution in [0.25, 0.3) is 0 Å². The van der Waals surface area contributed by atoms with Gasteiger partial charge >= 0.3 is 0 Å². The molecule has 1 atom stereocenters. The average Bonchev–Trinajstić information content (AvgIpc) is 2.52. The molecule has 0 aromatic heterocycles. The summed E-state index contributed by atoms with van der Waals surface area (Å²) in [6.07, 6.45) is -0.135. The van der Waals surface area contributed by atoms with Gasteiger partial charge in [-0.05, 0) is 35.4 Å². The van der Waals surface area contributed by atoms with Gasteiger partial charge in [0.2, 0.25) is 11.8 Å². The number of nitrogens with two attached hydrogens (primary N) is 1. The Morgan fingerprint density at radius 3 is 2.17 bits per heavy atom. The van der Waals surface area contributed by atoms with Crippen LogP contribution in [-0.2, 0) is 22.4 Å². The van der Waals surface area contributed by atoms with Gasteiger partial charge in [0.25, 0.3) is 0 Å². The first-order valence-corrected chi connectivity index (χ1v) is 7.12. The minimum Gasteiger partial charge on any atom is -0.368 e. The van der Waals surface area contributed by atoms with Crippen molar-refractivity contribution in [2.24, 2.45) is 5.73 Å². The molecule has 0 bridgehead atoms. The lowest BCUT2D eigenvalue weighted by atomic mass is 10.0. The summed E-state index contributed by atoms with van der Waals surface area (Å²) in [5.41, 5.74) is 6.14. The van der Waals surface area contributed by atoms with Crippen LogP contribution in [0.3, 0.4) is 0 Å². The number of halogens is 3. The molecule has 24 heavy (non-hydrogen) atoms. The van der Waals surface area contributed by atoms with Crippen molar-refractivity contribution in [2.45, 2.75) is 18.9 Å². The van der Waals surface area contributed by atoms with Gasteiger partial charge in [-0.3, -0.25) is 9.59 Å². The van der Waals surface area contributed by atoms with Gasteiger partial charge in [0.05, 0.1) is 6.42 Å². The van der Waals surface area contributed by atoms with Gasteiger partial charge in [0.1, 0.15) is 11.9 Å². The van der Waals surface area contributed by atoms with E-state index < -0.39 is 35.3 Å². The third-order valence-corrected chi connectivity index (χ3v) is 3.38. The number of amides is 2. The lowest BCUT2D eigenvalue weighted by Crippen LogP contribution is -2.46. The van der Waals surface area contributed by atoms with Gasteiger partial charge in [-0.15, -0.1) is 0 Å². The molecule has 0 fully saturated rings. The summed E-state index contributed by atoms with van der Waals surface area (Å²) in [5.74, 6) is -3.80. The second-order valence-electron chi connectivity index (χ2n) is 5.28. The smallest absolute Gasteiger partial charge is 0.240 e. The number of hydrogen-bond donors (Lipinski definition) is 2. The van der Waals surface area contributed by atoms with Crippen LogP contribution in [0.4, 0.5) is 13.2 Å². The largest absolute Gasteiger partial charge is 0.368 e. The fourth-order valence-corrected chi connectivity index (χ4v) is 2.16. The Bertz CT molecular complexity index is 748. The van der Waals surface area contributed by atoms with Crippen LogP contribution in [0, 0.1) is 17.5 Å². The summed E-state index contributed by atoms with van der Waals surface area (Å²) in [6, 6.07) is 7.54. The highest BCUT2D eigenvalue weighted by atomic mass is 19.2. The van der Waals surface area contributed by atoms with Crippen molar-refractivity contribution in [1.29, 1.82) is 0 Å². The first-order chi connectivity index (χ1) is 11.3. The Morgan fingerprint density at radius 1 is 0.958 bits per heavy atom. The Balaban J connectivity index is 2.01. The number of hydrogen-bond acceptors (Lipinski definition) is 2. The molecule has 0 saturated heterocycles. The average molecular weight is 336 g/mol. The van der Waals surface area contributed by atoms with Gasteiger partial charge in [0, 0.05) is 6.42 Å². The van der Waals surface area contributed by atoms with Crippen LogP contribution in [-0.4, -0.2) is 17.9 Å². The molecule has 126 valence electrons. The minimum absolute atomic E-state index is 0.0964. The van der Waals surface area contributed by atoms with Crippen LogP contribution >= 0.6 is 0 Å². The van der Waals surface area contributed by atoms with Crippen LogP contribution in [0.5, 0.6) is 0 Å². The summed E-state index contributed by atoms with van der Waals surface area (Å²) in [6.45, 7) is 0. The molecule has 0 unspecified atom stereocenters. The molecule has 0 heterocycles. The van der Waals surface area contributed by atoms with E-state index in [0.717, 1.165) is 12.1 Å². The highest BCUT2D eigenvalue weighted by Gasteiger charge is 2.19. The van der Waals surface area contributed by atoms with Crippen LogP contribution in [0.2, 0.25) is 0 Å². The van der Waals surface area contributed by atoms with E-state index in [4.69, 9.17) is 5.73 Å². The van der Waals surface area contributed by atoms with Gasteiger partial charge in [-0.2, -0.15) is 0 Å². The van der Waals surface area contributed by atoms with Crippen molar-refractivity contribution in [1.82, 2.24) is 5.32 Å². The first kappa shape index (κ1) is 17.5. The Labute approximate surface area is 136 Å². The van der Waals surface area contributed by atoms with Crippen molar-refractivity contribution in [3.63, 3.8) is 0 Å². The zero-order valence-electron chi connectivity index (χ0n) is 12.6. The molecule has 2 aromatic carbocycles. The van der Waals surface area contributed by atoms with E-state index in [9.17, 15) is 22.8 Å². The zero-order valence-corrected chi connectivity index (χ0v) is 12.6. The van der Waals surface area contributed by atoms with Gasteiger partial charge < -0.3 is 11.1 Å². The van der Waals surface area contributed by atoms with Crippen molar-refractivity contribution < 1.29 is 22.8 Å². The molecule has 0 aliphatic carbocycles. The molecular formula is C17H15F3N2O2. The van der Waals surface area contributed by atoms with Crippen LogP contribution in [0.15, 0.2) is 42.5 Å². The maximum absolute atomic E-state index is 13.1. The van der Waals surface area contributed by atoms with Gasteiger partial charge in [-0.25, -0.2) is 13.2 Å². The SMILES string of the molecule is NC(=O)[C@H](Cc1ccc(F)cc1)NC(=O)Cc1ccc(F)c(F)c1. The van der Waals surface area contributed by atoms with E-state index in [1.807, 2.05) is 0 Å². The number of carbonyl (C=O) groups is 2. The second kappa shape index (κ2) is 7.63. The monoisotopic (exact) mass is 336 g/mol. The van der Waals surface area contributed by atoms with E-state index in [1.165, 1.54) is 30.3 Å². The molecular weight excluding hydrogens is 321 g/mol. The van der Waals surface area contributed by atoms with Crippen molar-refractivity contribution in [3.8, 4) is 0 Å². The number of primary amides is 1. The number of nitrogens with one attached hydrogen (secondary N) is 1. The van der Waals surface area contributed by atoms with E-state index in [2.05, 4.69) is 5.32 Å². The van der Waals surface area contributed by atoms with E-state index >= 15 is 0 Å². The van der Waals surface area contributed by atoms with Gasteiger partial charge in [-0.1, -0.05) is 18.2 Å². The van der Waals surface area contributed by atoms with Crippen LogP contribution in [0.1, 0.15) is 11.1 Å². The third kappa shape index (κ3) is 4.84.